The van der Waals surface area contributed by atoms with Gasteiger partial charge in [0.05, 0.1) is 13.2 Å². The van der Waals surface area contributed by atoms with Gasteiger partial charge in [-0.3, -0.25) is 4.79 Å². The van der Waals surface area contributed by atoms with E-state index < -0.39 is 0 Å². The zero-order valence-corrected chi connectivity index (χ0v) is 19.2. The van der Waals surface area contributed by atoms with Gasteiger partial charge in [-0.05, 0) is 42.3 Å². The number of ether oxygens (including phenoxy) is 1. The van der Waals surface area contributed by atoms with E-state index in [0.29, 0.717) is 12.5 Å². The number of nitrogens with one attached hydrogen (secondary N) is 2. The predicted molar refractivity (Wildman–Crippen MR) is 132 cm³/mol. The molecule has 8 heteroatoms. The second-order valence-electron chi connectivity index (χ2n) is 9.01. The van der Waals surface area contributed by atoms with E-state index in [2.05, 4.69) is 68.7 Å². The number of benzene rings is 2. The van der Waals surface area contributed by atoms with E-state index >= 15 is 0 Å². The highest BCUT2D eigenvalue weighted by molar-refractivity contribution is 5.91. The van der Waals surface area contributed by atoms with Gasteiger partial charge in [-0.1, -0.05) is 24.3 Å². The lowest BCUT2D eigenvalue weighted by atomic mass is 9.85. The van der Waals surface area contributed by atoms with Crippen molar-refractivity contribution < 1.29 is 9.53 Å². The molecular weight excluding hydrogens is 428 g/mol. The number of aromatic nitrogens is 2. The topological polar surface area (TPSA) is 82.6 Å². The summed E-state index contributed by atoms with van der Waals surface area (Å²) < 4.78 is 5.45. The maximum absolute atomic E-state index is 12.9. The van der Waals surface area contributed by atoms with Crippen molar-refractivity contribution in [3.63, 3.8) is 0 Å². The molecule has 6 rings (SSSR count). The van der Waals surface area contributed by atoms with E-state index in [-0.39, 0.29) is 17.9 Å². The third kappa shape index (κ3) is 3.64. The molecule has 2 saturated heterocycles. The standard InChI is InChI=1S/C26H28N6O2/c1-17-4-2-3-5-20(17)22-21-16-28-26(30-24(21)32-11-10-27-25(33)23(22)32)29-18-6-8-19(9-7-18)31-12-14-34-15-13-31/h2-9,16,22-23H,10-15H2,1H3,(H,27,33)(H,28,29,30). The summed E-state index contributed by atoms with van der Waals surface area (Å²) in [6.45, 7) is 6.79. The molecule has 2 fully saturated rings. The van der Waals surface area contributed by atoms with Crippen LogP contribution in [0, 0.1) is 6.92 Å². The number of fused-ring (bicyclic) bond motifs is 3. The van der Waals surface area contributed by atoms with Crippen molar-refractivity contribution in [1.29, 1.82) is 0 Å². The summed E-state index contributed by atoms with van der Waals surface area (Å²) in [6, 6.07) is 16.3. The number of nitrogens with zero attached hydrogens (tertiary/aromatic N) is 4. The van der Waals surface area contributed by atoms with Crippen molar-refractivity contribution in [2.45, 2.75) is 18.9 Å². The van der Waals surface area contributed by atoms with E-state index in [1.165, 1.54) is 11.3 Å². The van der Waals surface area contributed by atoms with E-state index in [4.69, 9.17) is 9.72 Å². The summed E-state index contributed by atoms with van der Waals surface area (Å²) in [5.41, 5.74) is 5.44. The molecule has 2 aromatic carbocycles. The zero-order valence-electron chi connectivity index (χ0n) is 19.2. The lowest BCUT2D eigenvalue weighted by molar-refractivity contribution is -0.123. The Bertz CT molecular complexity index is 1210. The Morgan fingerprint density at radius 1 is 1.03 bits per heavy atom. The van der Waals surface area contributed by atoms with Crippen LogP contribution in [0.4, 0.5) is 23.1 Å². The lowest BCUT2D eigenvalue weighted by Crippen LogP contribution is -2.55. The number of hydrogen-bond acceptors (Lipinski definition) is 7. The molecule has 0 aliphatic carbocycles. The van der Waals surface area contributed by atoms with Crippen molar-refractivity contribution in [1.82, 2.24) is 15.3 Å². The number of carbonyl (C=O) groups is 1. The van der Waals surface area contributed by atoms with Crippen LogP contribution in [-0.2, 0) is 9.53 Å². The maximum Gasteiger partial charge on any atom is 0.243 e. The SMILES string of the molecule is Cc1ccccc1C1c2cnc(Nc3ccc(N4CCOCC4)cc3)nc2N2CCNC(=O)C12. The molecule has 8 nitrogen and oxygen atoms in total. The molecule has 0 radical (unpaired) electrons. The molecule has 0 bridgehead atoms. The second-order valence-corrected chi connectivity index (χ2v) is 9.01. The fourth-order valence-corrected chi connectivity index (χ4v) is 5.30. The van der Waals surface area contributed by atoms with Crippen molar-refractivity contribution in [3.05, 3.63) is 71.4 Å². The first kappa shape index (κ1) is 20.9. The molecule has 34 heavy (non-hydrogen) atoms. The average Bonchev–Trinajstić information content (AvgIpc) is 3.20. The molecular formula is C26H28N6O2. The third-order valence-electron chi connectivity index (χ3n) is 7.00. The van der Waals surface area contributed by atoms with Gasteiger partial charge in [-0.15, -0.1) is 0 Å². The first-order valence-corrected chi connectivity index (χ1v) is 11.9. The van der Waals surface area contributed by atoms with Gasteiger partial charge >= 0.3 is 0 Å². The summed E-state index contributed by atoms with van der Waals surface area (Å²) in [4.78, 5) is 26.9. The van der Waals surface area contributed by atoms with Gasteiger partial charge in [0.25, 0.3) is 0 Å². The molecule has 1 amide bonds. The maximum atomic E-state index is 12.9. The molecule has 3 aliphatic rings. The zero-order chi connectivity index (χ0) is 23.1. The number of carbonyl (C=O) groups excluding carboxylic acids is 1. The highest BCUT2D eigenvalue weighted by Gasteiger charge is 2.47. The Balaban J connectivity index is 1.30. The Morgan fingerprint density at radius 3 is 2.62 bits per heavy atom. The Morgan fingerprint density at radius 2 is 1.82 bits per heavy atom. The van der Waals surface area contributed by atoms with Gasteiger partial charge < -0.3 is 25.2 Å². The smallest absolute Gasteiger partial charge is 0.243 e. The number of hydrogen-bond donors (Lipinski definition) is 2. The van der Waals surface area contributed by atoms with Crippen molar-refractivity contribution in [2.24, 2.45) is 0 Å². The van der Waals surface area contributed by atoms with Crippen LogP contribution in [0.1, 0.15) is 22.6 Å². The van der Waals surface area contributed by atoms with Gasteiger partial charge in [0, 0.05) is 55.2 Å². The fourth-order valence-electron chi connectivity index (χ4n) is 5.30. The number of rotatable bonds is 4. The van der Waals surface area contributed by atoms with Crippen LogP contribution in [0.25, 0.3) is 0 Å². The quantitative estimate of drug-likeness (QED) is 0.625. The summed E-state index contributed by atoms with van der Waals surface area (Å²) in [7, 11) is 0. The van der Waals surface area contributed by atoms with Crippen LogP contribution in [0.5, 0.6) is 0 Å². The lowest BCUT2D eigenvalue weighted by Gasteiger charge is -2.33. The molecule has 2 atom stereocenters. The number of piperazine rings is 1. The molecule has 174 valence electrons. The number of anilines is 4. The minimum atomic E-state index is -0.304. The largest absolute Gasteiger partial charge is 0.378 e. The molecule has 2 N–H and O–H groups in total. The number of amides is 1. The summed E-state index contributed by atoms with van der Waals surface area (Å²) in [6.07, 6.45) is 1.88. The highest BCUT2D eigenvalue weighted by atomic mass is 16.5. The van der Waals surface area contributed by atoms with Gasteiger partial charge in [0.2, 0.25) is 11.9 Å². The molecule has 0 saturated carbocycles. The average molecular weight is 457 g/mol. The Kier molecular flexibility index (Phi) is 5.30. The summed E-state index contributed by atoms with van der Waals surface area (Å²) >= 11 is 0. The first-order valence-electron chi connectivity index (χ1n) is 11.9. The second kappa shape index (κ2) is 8.61. The van der Waals surface area contributed by atoms with Gasteiger partial charge in [0.15, 0.2) is 0 Å². The normalized spacial score (nSPS) is 21.6. The number of aryl methyl sites for hydroxylation is 1. The first-order chi connectivity index (χ1) is 16.7. The van der Waals surface area contributed by atoms with Crippen molar-refractivity contribution in [2.75, 3.05) is 54.5 Å². The summed E-state index contributed by atoms with van der Waals surface area (Å²) in [5, 5.41) is 6.38. The summed E-state index contributed by atoms with van der Waals surface area (Å²) in [5.74, 6) is 1.34. The van der Waals surface area contributed by atoms with Crippen molar-refractivity contribution >= 4 is 29.0 Å². The van der Waals surface area contributed by atoms with E-state index in [1.54, 1.807) is 0 Å². The molecule has 1 aromatic heterocycles. The molecule has 0 spiro atoms. The molecule has 3 aromatic rings. The van der Waals surface area contributed by atoms with Gasteiger partial charge in [-0.25, -0.2) is 4.98 Å². The highest BCUT2D eigenvalue weighted by Crippen LogP contribution is 2.45. The predicted octanol–water partition coefficient (Wildman–Crippen LogP) is 2.82. The van der Waals surface area contributed by atoms with E-state index in [0.717, 1.165) is 55.5 Å². The van der Waals surface area contributed by atoms with Crippen LogP contribution in [0.2, 0.25) is 0 Å². The molecule has 2 unspecified atom stereocenters. The molecule has 3 aliphatic heterocycles. The van der Waals surface area contributed by atoms with E-state index in [1.807, 2.05) is 18.3 Å². The number of morpholine rings is 1. The monoisotopic (exact) mass is 456 g/mol. The fraction of sp³-hybridized carbons (Fsp3) is 0.346. The van der Waals surface area contributed by atoms with Crippen LogP contribution < -0.4 is 20.4 Å². The van der Waals surface area contributed by atoms with Crippen LogP contribution in [-0.4, -0.2) is 61.3 Å². The van der Waals surface area contributed by atoms with Gasteiger partial charge in [0.1, 0.15) is 11.9 Å². The Labute approximate surface area is 199 Å². The minimum absolute atomic E-state index is 0.0470. The Hall–Kier alpha value is -3.65. The van der Waals surface area contributed by atoms with Crippen molar-refractivity contribution in [3.8, 4) is 0 Å². The van der Waals surface area contributed by atoms with Crippen LogP contribution in [0.3, 0.4) is 0 Å². The third-order valence-corrected chi connectivity index (χ3v) is 7.00. The molecule has 4 heterocycles. The van der Waals surface area contributed by atoms with Gasteiger partial charge in [-0.2, -0.15) is 4.98 Å². The van der Waals surface area contributed by atoms with Crippen LogP contribution in [0.15, 0.2) is 54.7 Å². The van der Waals surface area contributed by atoms with E-state index in [9.17, 15) is 4.79 Å². The minimum Gasteiger partial charge on any atom is -0.378 e. The van der Waals surface area contributed by atoms with Crippen LogP contribution >= 0.6 is 0 Å².